The number of carbonyl (C=O) groups is 1. The Morgan fingerprint density at radius 1 is 1.03 bits per heavy atom. The SMILES string of the molecule is COc1ccc(-c2noc(COC(=O)COc3ccc(Cl)cc3Cl)n2)cc1OC. The summed E-state index contributed by atoms with van der Waals surface area (Å²) in [5.41, 5.74) is 0.657. The molecule has 10 heteroatoms. The Morgan fingerprint density at radius 3 is 2.52 bits per heavy atom. The third-order valence-electron chi connectivity index (χ3n) is 3.71. The van der Waals surface area contributed by atoms with Crippen LogP contribution in [0.1, 0.15) is 5.89 Å². The molecule has 0 aliphatic heterocycles. The van der Waals surface area contributed by atoms with Gasteiger partial charge in [0, 0.05) is 10.6 Å². The summed E-state index contributed by atoms with van der Waals surface area (Å²) >= 11 is 11.8. The number of ether oxygens (including phenoxy) is 4. The molecule has 0 unspecified atom stereocenters. The molecule has 0 bridgehead atoms. The molecule has 0 saturated heterocycles. The molecule has 0 saturated carbocycles. The van der Waals surface area contributed by atoms with E-state index < -0.39 is 5.97 Å². The number of esters is 1. The fourth-order valence-electron chi connectivity index (χ4n) is 2.32. The second-order valence-electron chi connectivity index (χ2n) is 5.61. The lowest BCUT2D eigenvalue weighted by Gasteiger charge is -2.07. The van der Waals surface area contributed by atoms with E-state index in [0.29, 0.717) is 38.7 Å². The van der Waals surface area contributed by atoms with Crippen LogP contribution in [0.15, 0.2) is 40.9 Å². The number of halogens is 2. The summed E-state index contributed by atoms with van der Waals surface area (Å²) in [6, 6.07) is 9.86. The first-order valence-corrected chi connectivity index (χ1v) is 9.04. The molecule has 3 rings (SSSR count). The van der Waals surface area contributed by atoms with Crippen LogP contribution in [-0.2, 0) is 16.1 Å². The first kappa shape index (κ1) is 20.8. The second kappa shape index (κ2) is 9.49. The van der Waals surface area contributed by atoms with Crippen LogP contribution in [0.25, 0.3) is 11.4 Å². The minimum Gasteiger partial charge on any atom is -0.493 e. The van der Waals surface area contributed by atoms with E-state index in [0.717, 1.165) is 0 Å². The Bertz CT molecular complexity index is 1010. The van der Waals surface area contributed by atoms with Crippen molar-refractivity contribution < 1.29 is 28.3 Å². The van der Waals surface area contributed by atoms with Gasteiger partial charge in [-0.25, -0.2) is 4.79 Å². The van der Waals surface area contributed by atoms with E-state index in [4.69, 9.17) is 46.7 Å². The molecule has 29 heavy (non-hydrogen) atoms. The minimum absolute atomic E-state index is 0.132. The Morgan fingerprint density at radius 2 is 1.79 bits per heavy atom. The quantitative estimate of drug-likeness (QED) is 0.483. The van der Waals surface area contributed by atoms with Crippen LogP contribution in [0.3, 0.4) is 0 Å². The van der Waals surface area contributed by atoms with Crippen molar-refractivity contribution >= 4 is 29.2 Å². The lowest BCUT2D eigenvalue weighted by Crippen LogP contribution is -2.15. The molecule has 0 fully saturated rings. The highest BCUT2D eigenvalue weighted by atomic mass is 35.5. The maximum atomic E-state index is 11.9. The number of hydrogen-bond donors (Lipinski definition) is 0. The number of nitrogens with zero attached hydrogens (tertiary/aromatic N) is 2. The molecule has 8 nitrogen and oxygen atoms in total. The van der Waals surface area contributed by atoms with Gasteiger partial charge < -0.3 is 23.5 Å². The Hall–Kier alpha value is -2.97. The average molecular weight is 439 g/mol. The zero-order valence-electron chi connectivity index (χ0n) is 15.5. The van der Waals surface area contributed by atoms with Crippen molar-refractivity contribution in [2.45, 2.75) is 6.61 Å². The van der Waals surface area contributed by atoms with Gasteiger partial charge in [0.05, 0.1) is 19.2 Å². The van der Waals surface area contributed by atoms with Gasteiger partial charge in [-0.1, -0.05) is 28.4 Å². The molecule has 3 aromatic rings. The number of methoxy groups -OCH3 is 2. The van der Waals surface area contributed by atoms with E-state index in [1.54, 1.807) is 37.4 Å². The van der Waals surface area contributed by atoms with E-state index in [9.17, 15) is 4.79 Å². The van der Waals surface area contributed by atoms with Crippen LogP contribution in [0.2, 0.25) is 10.0 Å². The van der Waals surface area contributed by atoms with Crippen molar-refractivity contribution in [1.29, 1.82) is 0 Å². The maximum absolute atomic E-state index is 11.9. The van der Waals surface area contributed by atoms with Gasteiger partial charge in [-0.15, -0.1) is 0 Å². The van der Waals surface area contributed by atoms with Crippen molar-refractivity contribution in [3.05, 3.63) is 52.3 Å². The molecule has 2 aromatic carbocycles. The monoisotopic (exact) mass is 438 g/mol. The van der Waals surface area contributed by atoms with Crippen LogP contribution in [0.5, 0.6) is 17.2 Å². The second-order valence-corrected chi connectivity index (χ2v) is 6.45. The molecule has 152 valence electrons. The fraction of sp³-hybridized carbons (Fsp3) is 0.211. The van der Waals surface area contributed by atoms with E-state index in [-0.39, 0.29) is 19.1 Å². The predicted octanol–water partition coefficient (Wildman–Crippen LogP) is 4.18. The van der Waals surface area contributed by atoms with Crippen LogP contribution >= 0.6 is 23.2 Å². The average Bonchev–Trinajstić information content (AvgIpc) is 3.20. The Kier molecular flexibility index (Phi) is 6.79. The summed E-state index contributed by atoms with van der Waals surface area (Å²) in [5.74, 6) is 1.26. The molecule has 0 radical (unpaired) electrons. The summed E-state index contributed by atoms with van der Waals surface area (Å²) in [7, 11) is 3.07. The Balaban J connectivity index is 1.55. The molecule has 0 amide bonds. The zero-order chi connectivity index (χ0) is 20.8. The summed E-state index contributed by atoms with van der Waals surface area (Å²) in [6.45, 7) is -0.533. The third-order valence-corrected chi connectivity index (χ3v) is 4.24. The van der Waals surface area contributed by atoms with Gasteiger partial charge in [-0.2, -0.15) is 4.98 Å². The van der Waals surface area contributed by atoms with Gasteiger partial charge in [0.25, 0.3) is 5.89 Å². The molecular weight excluding hydrogens is 423 g/mol. The summed E-state index contributed by atoms with van der Waals surface area (Å²) < 4.78 is 25.9. The van der Waals surface area contributed by atoms with Crippen molar-refractivity contribution in [1.82, 2.24) is 10.1 Å². The van der Waals surface area contributed by atoms with Crippen LogP contribution in [-0.4, -0.2) is 36.9 Å². The number of aromatic nitrogens is 2. The summed E-state index contributed by atoms with van der Waals surface area (Å²) in [5, 5.41) is 4.63. The maximum Gasteiger partial charge on any atom is 0.344 e. The zero-order valence-corrected chi connectivity index (χ0v) is 17.0. The van der Waals surface area contributed by atoms with Gasteiger partial charge in [0.1, 0.15) is 5.75 Å². The molecule has 1 heterocycles. The van der Waals surface area contributed by atoms with Gasteiger partial charge in [0.15, 0.2) is 24.7 Å². The van der Waals surface area contributed by atoms with Gasteiger partial charge in [-0.05, 0) is 36.4 Å². The highest BCUT2D eigenvalue weighted by Gasteiger charge is 2.14. The van der Waals surface area contributed by atoms with E-state index in [1.807, 2.05) is 0 Å². The number of rotatable bonds is 8. The predicted molar refractivity (Wildman–Crippen MR) is 105 cm³/mol. The molecular formula is C19H16Cl2N2O6. The van der Waals surface area contributed by atoms with Crippen molar-refractivity contribution in [3.63, 3.8) is 0 Å². The smallest absolute Gasteiger partial charge is 0.344 e. The minimum atomic E-state index is -0.623. The largest absolute Gasteiger partial charge is 0.493 e. The molecule has 0 atom stereocenters. The lowest BCUT2D eigenvalue weighted by atomic mass is 10.2. The number of benzene rings is 2. The first-order chi connectivity index (χ1) is 14.0. The van der Waals surface area contributed by atoms with Crippen molar-refractivity contribution in [2.24, 2.45) is 0 Å². The third kappa shape index (κ3) is 5.30. The highest BCUT2D eigenvalue weighted by molar-refractivity contribution is 6.35. The first-order valence-electron chi connectivity index (χ1n) is 8.28. The topological polar surface area (TPSA) is 92.9 Å². The van der Waals surface area contributed by atoms with Crippen LogP contribution in [0.4, 0.5) is 0 Å². The summed E-state index contributed by atoms with van der Waals surface area (Å²) in [4.78, 5) is 16.1. The Labute approximate surface area is 176 Å². The van der Waals surface area contributed by atoms with E-state index in [1.165, 1.54) is 13.2 Å². The van der Waals surface area contributed by atoms with Crippen molar-refractivity contribution in [2.75, 3.05) is 20.8 Å². The van der Waals surface area contributed by atoms with Gasteiger partial charge in [-0.3, -0.25) is 0 Å². The molecule has 0 aliphatic rings. The van der Waals surface area contributed by atoms with Gasteiger partial charge in [0.2, 0.25) is 5.82 Å². The van der Waals surface area contributed by atoms with Gasteiger partial charge >= 0.3 is 5.97 Å². The highest BCUT2D eigenvalue weighted by Crippen LogP contribution is 2.31. The fourth-order valence-corrected chi connectivity index (χ4v) is 2.78. The summed E-state index contributed by atoms with van der Waals surface area (Å²) in [6.07, 6.45) is 0. The number of carbonyl (C=O) groups excluding carboxylic acids is 1. The van der Waals surface area contributed by atoms with E-state index >= 15 is 0 Å². The molecule has 0 N–H and O–H groups in total. The molecule has 0 aliphatic carbocycles. The molecule has 1 aromatic heterocycles. The normalized spacial score (nSPS) is 10.5. The standard InChI is InChI=1S/C19H16Cl2N2O6/c1-25-15-5-3-11(7-16(15)26-2)19-22-17(29-23-19)9-28-18(24)10-27-14-6-4-12(20)8-13(14)21/h3-8H,9-10H2,1-2H3. The number of hydrogen-bond acceptors (Lipinski definition) is 8. The van der Waals surface area contributed by atoms with E-state index in [2.05, 4.69) is 10.1 Å². The molecule has 0 spiro atoms. The lowest BCUT2D eigenvalue weighted by molar-refractivity contribution is -0.148. The van der Waals surface area contributed by atoms with Crippen LogP contribution < -0.4 is 14.2 Å². The van der Waals surface area contributed by atoms with Crippen LogP contribution in [0, 0.1) is 0 Å². The van der Waals surface area contributed by atoms with Crippen molar-refractivity contribution in [3.8, 4) is 28.6 Å².